The largest absolute Gasteiger partial charge is 0.497 e. The zero-order chi connectivity index (χ0) is 30.6. The van der Waals surface area contributed by atoms with Crippen LogP contribution in [-0.2, 0) is 38.8 Å². The Kier molecular flexibility index (Phi) is 11.7. The molecule has 8 nitrogen and oxygen atoms in total. The first-order valence-corrected chi connectivity index (χ1v) is 15.5. The predicted octanol–water partition coefficient (Wildman–Crippen LogP) is 7.89. The van der Waals surface area contributed by atoms with E-state index in [1.165, 1.54) is 11.8 Å². The minimum Gasteiger partial charge on any atom is -0.497 e. The standard InChI is InChI=1S/C35H37N3O5S/c1-25-13-19-30(20-14-25)44-35-32(37-38-36)34(42-23-27-11-7-4-8-12-27)33(41-22-26-9-5-3-6-10-26)31(43-35)24-40-21-28-15-17-29(39-2)18-16-28/h3-20,31-35H,21-24H2,1-2H3/t31-,32-,33-,34-,35-/m1/s1. The summed E-state index contributed by atoms with van der Waals surface area (Å²) in [5, 5.41) is 4.23. The van der Waals surface area contributed by atoms with E-state index in [-0.39, 0.29) is 6.61 Å². The average Bonchev–Trinajstić information content (AvgIpc) is 3.06. The van der Waals surface area contributed by atoms with Gasteiger partial charge in [-0.05, 0) is 53.4 Å². The molecule has 0 bridgehead atoms. The zero-order valence-electron chi connectivity index (χ0n) is 24.9. The fraction of sp³-hybridized carbons (Fsp3) is 0.314. The van der Waals surface area contributed by atoms with Crippen LogP contribution in [0.4, 0.5) is 0 Å². The second-order valence-corrected chi connectivity index (χ2v) is 11.7. The number of rotatable bonds is 14. The molecule has 5 atom stereocenters. The molecular weight excluding hydrogens is 574 g/mol. The van der Waals surface area contributed by atoms with Crippen LogP contribution in [0.15, 0.2) is 119 Å². The lowest BCUT2D eigenvalue weighted by Crippen LogP contribution is -2.58. The van der Waals surface area contributed by atoms with Gasteiger partial charge in [0.25, 0.3) is 0 Å². The molecule has 1 aliphatic rings. The number of hydrogen-bond acceptors (Lipinski definition) is 7. The van der Waals surface area contributed by atoms with Crippen LogP contribution in [0.1, 0.15) is 22.3 Å². The van der Waals surface area contributed by atoms with Gasteiger partial charge in [-0.25, -0.2) is 0 Å². The van der Waals surface area contributed by atoms with Gasteiger partial charge in [0, 0.05) is 9.81 Å². The molecule has 0 unspecified atom stereocenters. The molecule has 0 spiro atoms. The summed E-state index contributed by atoms with van der Waals surface area (Å²) in [7, 11) is 1.65. The molecule has 0 amide bonds. The lowest BCUT2D eigenvalue weighted by Gasteiger charge is -2.44. The Labute approximate surface area is 262 Å². The molecule has 4 aromatic carbocycles. The third kappa shape index (κ3) is 8.86. The van der Waals surface area contributed by atoms with Gasteiger partial charge in [-0.1, -0.05) is 107 Å². The Morgan fingerprint density at radius 3 is 1.93 bits per heavy atom. The van der Waals surface area contributed by atoms with Crippen LogP contribution in [-0.4, -0.2) is 43.5 Å². The maximum absolute atomic E-state index is 9.67. The van der Waals surface area contributed by atoms with Gasteiger partial charge in [0.2, 0.25) is 0 Å². The maximum Gasteiger partial charge on any atom is 0.119 e. The van der Waals surface area contributed by atoms with Crippen LogP contribution in [0.25, 0.3) is 10.4 Å². The third-order valence-electron chi connectivity index (χ3n) is 7.35. The molecule has 9 heteroatoms. The van der Waals surface area contributed by atoms with Crippen molar-refractivity contribution in [1.82, 2.24) is 0 Å². The maximum atomic E-state index is 9.67. The predicted molar refractivity (Wildman–Crippen MR) is 171 cm³/mol. The van der Waals surface area contributed by atoms with Crippen molar-refractivity contribution in [2.45, 2.75) is 61.4 Å². The minimum absolute atomic E-state index is 0.255. The SMILES string of the molecule is COc1ccc(COC[C@H]2O[C@H](Sc3ccc(C)cc3)[C@H](N=[N+]=[N-])[C@@H](OCc3ccccc3)[C@@H]2OCc2ccccc2)cc1. The van der Waals surface area contributed by atoms with E-state index in [1.54, 1.807) is 7.11 Å². The van der Waals surface area contributed by atoms with Crippen molar-refractivity contribution >= 4 is 11.8 Å². The highest BCUT2D eigenvalue weighted by Crippen LogP contribution is 2.38. The smallest absolute Gasteiger partial charge is 0.119 e. The Bertz CT molecular complexity index is 1470. The summed E-state index contributed by atoms with van der Waals surface area (Å²) < 4.78 is 31.4. The van der Waals surface area contributed by atoms with Gasteiger partial charge >= 0.3 is 0 Å². The molecule has 1 heterocycles. The molecule has 0 aliphatic carbocycles. The molecule has 1 fully saturated rings. The highest BCUT2D eigenvalue weighted by Gasteiger charge is 2.47. The summed E-state index contributed by atoms with van der Waals surface area (Å²) in [6.45, 7) is 3.36. The molecule has 0 saturated carbocycles. The van der Waals surface area contributed by atoms with E-state index in [4.69, 9.17) is 23.7 Å². The van der Waals surface area contributed by atoms with E-state index in [2.05, 4.69) is 22.2 Å². The molecule has 0 aromatic heterocycles. The van der Waals surface area contributed by atoms with Crippen molar-refractivity contribution in [3.63, 3.8) is 0 Å². The van der Waals surface area contributed by atoms with E-state index in [9.17, 15) is 5.53 Å². The summed E-state index contributed by atoms with van der Waals surface area (Å²) >= 11 is 1.51. The van der Waals surface area contributed by atoms with Gasteiger partial charge in [0.15, 0.2) is 0 Å². The van der Waals surface area contributed by atoms with E-state index < -0.39 is 29.8 Å². The highest BCUT2D eigenvalue weighted by molar-refractivity contribution is 7.99. The molecular formula is C35H37N3O5S. The molecule has 5 rings (SSSR count). The first-order chi connectivity index (χ1) is 21.6. The number of nitrogens with zero attached hydrogens (tertiary/aromatic N) is 3. The molecule has 4 aromatic rings. The van der Waals surface area contributed by atoms with Crippen molar-refractivity contribution < 1.29 is 23.7 Å². The Morgan fingerprint density at radius 1 is 0.750 bits per heavy atom. The highest BCUT2D eigenvalue weighted by atomic mass is 32.2. The molecule has 1 saturated heterocycles. The summed E-state index contributed by atoms with van der Waals surface area (Å²) in [6, 6.07) is 35.2. The van der Waals surface area contributed by atoms with E-state index in [0.717, 1.165) is 32.9 Å². The molecule has 0 N–H and O–H groups in total. The van der Waals surface area contributed by atoms with E-state index >= 15 is 0 Å². The first kappa shape index (κ1) is 31.6. The van der Waals surface area contributed by atoms with Crippen molar-refractivity contribution in [2.75, 3.05) is 13.7 Å². The van der Waals surface area contributed by atoms with Crippen LogP contribution in [0, 0.1) is 6.92 Å². The fourth-order valence-electron chi connectivity index (χ4n) is 5.00. The van der Waals surface area contributed by atoms with Crippen LogP contribution in [0.2, 0.25) is 0 Å². The van der Waals surface area contributed by atoms with Crippen molar-refractivity contribution in [3.8, 4) is 5.75 Å². The van der Waals surface area contributed by atoms with Crippen LogP contribution >= 0.6 is 11.8 Å². The number of aryl methyl sites for hydroxylation is 1. The van der Waals surface area contributed by atoms with Gasteiger partial charge < -0.3 is 23.7 Å². The van der Waals surface area contributed by atoms with Gasteiger partial charge in [-0.2, -0.15) is 0 Å². The monoisotopic (exact) mass is 611 g/mol. The van der Waals surface area contributed by atoms with E-state index in [0.29, 0.717) is 19.8 Å². The first-order valence-electron chi connectivity index (χ1n) is 14.6. The number of benzene rings is 4. The van der Waals surface area contributed by atoms with Crippen molar-refractivity contribution in [3.05, 3.63) is 142 Å². The third-order valence-corrected chi connectivity index (χ3v) is 8.52. The van der Waals surface area contributed by atoms with Gasteiger partial charge in [-0.15, -0.1) is 0 Å². The normalized spacial score (nSPS) is 21.4. The average molecular weight is 612 g/mol. The Morgan fingerprint density at radius 2 is 1.34 bits per heavy atom. The number of ether oxygens (including phenoxy) is 5. The Balaban J connectivity index is 1.42. The molecule has 44 heavy (non-hydrogen) atoms. The van der Waals surface area contributed by atoms with Crippen molar-refractivity contribution in [2.24, 2.45) is 5.11 Å². The van der Waals surface area contributed by atoms with Gasteiger partial charge in [-0.3, -0.25) is 0 Å². The summed E-state index contributed by atoms with van der Waals surface area (Å²) in [5.74, 6) is 0.789. The second kappa shape index (κ2) is 16.3. The molecule has 1 aliphatic heterocycles. The Hall–Kier alpha value is -3.82. The number of thioether (sulfide) groups is 1. The van der Waals surface area contributed by atoms with Crippen molar-refractivity contribution in [1.29, 1.82) is 0 Å². The lowest BCUT2D eigenvalue weighted by atomic mass is 9.97. The number of azide groups is 1. The van der Waals surface area contributed by atoms with Gasteiger partial charge in [0.1, 0.15) is 29.4 Å². The molecule has 0 radical (unpaired) electrons. The fourth-order valence-corrected chi connectivity index (χ4v) is 6.11. The lowest BCUT2D eigenvalue weighted by molar-refractivity contribution is -0.211. The second-order valence-electron chi connectivity index (χ2n) is 10.6. The van der Waals surface area contributed by atoms with E-state index in [1.807, 2.05) is 104 Å². The zero-order valence-corrected chi connectivity index (χ0v) is 25.7. The molecule has 228 valence electrons. The van der Waals surface area contributed by atoms with Gasteiger partial charge in [0.05, 0.1) is 39.6 Å². The van der Waals surface area contributed by atoms with Crippen LogP contribution in [0.3, 0.4) is 0 Å². The van der Waals surface area contributed by atoms with Crippen LogP contribution in [0.5, 0.6) is 5.75 Å². The number of hydrogen-bond donors (Lipinski definition) is 0. The minimum atomic E-state index is -0.659. The summed E-state index contributed by atoms with van der Waals surface area (Å²) in [4.78, 5) is 4.22. The summed E-state index contributed by atoms with van der Waals surface area (Å²) in [5.41, 5.74) is 13.3. The summed E-state index contributed by atoms with van der Waals surface area (Å²) in [6.07, 6.45) is -1.66. The topological polar surface area (TPSA) is 94.9 Å². The van der Waals surface area contributed by atoms with Crippen LogP contribution < -0.4 is 4.74 Å². The quantitative estimate of drug-likeness (QED) is 0.0818. The number of methoxy groups -OCH3 is 1.